The van der Waals surface area contributed by atoms with Crippen LogP contribution in [0.1, 0.15) is 36.8 Å². The third-order valence-corrected chi connectivity index (χ3v) is 4.27. The molecule has 21 heavy (non-hydrogen) atoms. The second-order valence-electron chi connectivity index (χ2n) is 6.17. The molecule has 0 heterocycles. The van der Waals surface area contributed by atoms with Crippen molar-refractivity contribution in [1.82, 2.24) is 4.90 Å². The fraction of sp³-hybridized carbons (Fsp3) is 0.588. The van der Waals surface area contributed by atoms with Crippen LogP contribution in [0.3, 0.4) is 0 Å². The van der Waals surface area contributed by atoms with E-state index in [1.54, 1.807) is 19.1 Å². The highest BCUT2D eigenvalue weighted by atomic mass is 16.5. The van der Waals surface area contributed by atoms with Crippen LogP contribution >= 0.6 is 0 Å². The van der Waals surface area contributed by atoms with Crippen LogP contribution in [0.4, 0.5) is 0 Å². The van der Waals surface area contributed by atoms with Gasteiger partial charge in [0.1, 0.15) is 5.75 Å². The van der Waals surface area contributed by atoms with Gasteiger partial charge in [-0.3, -0.25) is 4.79 Å². The van der Waals surface area contributed by atoms with E-state index in [0.29, 0.717) is 13.0 Å². The van der Waals surface area contributed by atoms with Crippen LogP contribution in [0.15, 0.2) is 18.2 Å². The number of aryl methyl sites for hydroxylation is 1. The first-order valence-corrected chi connectivity index (χ1v) is 7.53. The Morgan fingerprint density at radius 1 is 1.38 bits per heavy atom. The first-order valence-electron chi connectivity index (χ1n) is 7.53. The molecule has 1 aromatic carbocycles. The quantitative estimate of drug-likeness (QED) is 0.905. The average Bonchev–Trinajstić information content (AvgIpc) is 2.85. The normalized spacial score (nSPS) is 16.8. The summed E-state index contributed by atoms with van der Waals surface area (Å²) in [6, 6.07) is 5.84. The number of aliphatic hydroxyl groups is 1. The standard InChI is InChI=1S/C17H25NO3/c1-13-6-7-15(21-3)14(10-13)11-16(19)18(2)12-17(20)8-4-5-9-17/h6-7,10,20H,4-5,8-9,11-12H2,1-3H3. The van der Waals surface area contributed by atoms with E-state index in [2.05, 4.69) is 0 Å². The lowest BCUT2D eigenvalue weighted by atomic mass is 10.0. The van der Waals surface area contributed by atoms with E-state index in [4.69, 9.17) is 4.74 Å². The minimum absolute atomic E-state index is 0.0132. The zero-order valence-corrected chi connectivity index (χ0v) is 13.2. The van der Waals surface area contributed by atoms with Gasteiger partial charge in [0.25, 0.3) is 0 Å². The van der Waals surface area contributed by atoms with Crippen LogP contribution < -0.4 is 4.74 Å². The Kier molecular flexibility index (Phi) is 4.88. The van der Waals surface area contributed by atoms with Crippen LogP contribution in [0.25, 0.3) is 0 Å². The first kappa shape index (κ1) is 15.8. The van der Waals surface area contributed by atoms with Crippen molar-refractivity contribution in [2.75, 3.05) is 20.7 Å². The van der Waals surface area contributed by atoms with Crippen molar-refractivity contribution < 1.29 is 14.6 Å². The number of carbonyl (C=O) groups excluding carboxylic acids is 1. The monoisotopic (exact) mass is 291 g/mol. The van der Waals surface area contributed by atoms with Gasteiger partial charge in [-0.05, 0) is 25.8 Å². The van der Waals surface area contributed by atoms with Gasteiger partial charge in [-0.25, -0.2) is 0 Å². The zero-order valence-electron chi connectivity index (χ0n) is 13.2. The molecule has 2 rings (SSSR count). The van der Waals surface area contributed by atoms with Crippen molar-refractivity contribution in [2.45, 2.75) is 44.6 Å². The molecule has 0 atom stereocenters. The smallest absolute Gasteiger partial charge is 0.226 e. The Morgan fingerprint density at radius 3 is 2.67 bits per heavy atom. The summed E-state index contributed by atoms with van der Waals surface area (Å²) < 4.78 is 5.31. The maximum Gasteiger partial charge on any atom is 0.226 e. The van der Waals surface area contributed by atoms with Crippen molar-refractivity contribution in [2.24, 2.45) is 0 Å². The fourth-order valence-corrected chi connectivity index (χ4v) is 3.06. The Morgan fingerprint density at radius 2 is 2.05 bits per heavy atom. The molecule has 116 valence electrons. The Balaban J connectivity index is 2.02. The highest BCUT2D eigenvalue weighted by Crippen LogP contribution is 2.30. The van der Waals surface area contributed by atoms with E-state index < -0.39 is 5.60 Å². The molecule has 1 aliphatic carbocycles. The van der Waals surface area contributed by atoms with Crippen LogP contribution in [0.2, 0.25) is 0 Å². The largest absolute Gasteiger partial charge is 0.496 e. The van der Waals surface area contributed by atoms with E-state index in [1.165, 1.54) is 0 Å². The summed E-state index contributed by atoms with van der Waals surface area (Å²) in [5, 5.41) is 10.4. The van der Waals surface area contributed by atoms with Crippen molar-refractivity contribution >= 4 is 5.91 Å². The van der Waals surface area contributed by atoms with Gasteiger partial charge in [0.2, 0.25) is 5.91 Å². The van der Waals surface area contributed by atoms with Crippen LogP contribution in [-0.2, 0) is 11.2 Å². The van der Waals surface area contributed by atoms with E-state index in [-0.39, 0.29) is 5.91 Å². The summed E-state index contributed by atoms with van der Waals surface area (Å²) in [6.07, 6.45) is 3.97. The lowest BCUT2D eigenvalue weighted by molar-refractivity contribution is -0.132. The predicted octanol–water partition coefficient (Wildman–Crippen LogP) is 2.31. The molecule has 1 saturated carbocycles. The number of methoxy groups -OCH3 is 1. The van der Waals surface area contributed by atoms with Gasteiger partial charge in [-0.15, -0.1) is 0 Å². The SMILES string of the molecule is COc1ccc(C)cc1CC(=O)N(C)CC1(O)CCCC1. The van der Waals surface area contributed by atoms with Crippen molar-refractivity contribution in [3.8, 4) is 5.75 Å². The third kappa shape index (κ3) is 3.97. The van der Waals surface area contributed by atoms with Crippen molar-refractivity contribution in [3.05, 3.63) is 29.3 Å². The summed E-state index contributed by atoms with van der Waals surface area (Å²) in [7, 11) is 3.38. The number of benzene rings is 1. The summed E-state index contributed by atoms with van der Waals surface area (Å²) in [5.41, 5.74) is 1.31. The molecule has 0 spiro atoms. The highest BCUT2D eigenvalue weighted by molar-refractivity contribution is 5.79. The number of carbonyl (C=O) groups is 1. The summed E-state index contributed by atoms with van der Waals surface area (Å²) >= 11 is 0. The second kappa shape index (κ2) is 6.48. The Bertz CT molecular complexity index is 507. The maximum absolute atomic E-state index is 12.4. The first-order chi connectivity index (χ1) is 9.93. The minimum Gasteiger partial charge on any atom is -0.496 e. The van der Waals surface area contributed by atoms with E-state index in [0.717, 1.165) is 42.6 Å². The van der Waals surface area contributed by atoms with Crippen LogP contribution in [-0.4, -0.2) is 42.2 Å². The number of ether oxygens (including phenoxy) is 1. The molecule has 0 radical (unpaired) electrons. The molecule has 0 unspecified atom stereocenters. The van der Waals surface area contributed by atoms with E-state index >= 15 is 0 Å². The summed E-state index contributed by atoms with van der Waals surface area (Å²) in [4.78, 5) is 14.0. The summed E-state index contributed by atoms with van der Waals surface area (Å²) in [5.74, 6) is 0.751. The molecule has 4 heteroatoms. The van der Waals surface area contributed by atoms with Gasteiger partial charge in [-0.2, -0.15) is 0 Å². The number of hydrogen-bond donors (Lipinski definition) is 1. The van der Waals surface area contributed by atoms with Gasteiger partial charge in [0.05, 0.1) is 19.1 Å². The number of hydrogen-bond acceptors (Lipinski definition) is 3. The molecule has 0 aromatic heterocycles. The molecule has 4 nitrogen and oxygen atoms in total. The lowest BCUT2D eigenvalue weighted by Crippen LogP contribution is -2.42. The van der Waals surface area contributed by atoms with Crippen molar-refractivity contribution in [1.29, 1.82) is 0 Å². The average molecular weight is 291 g/mol. The number of likely N-dealkylation sites (N-methyl/N-ethyl adjacent to an activating group) is 1. The lowest BCUT2D eigenvalue weighted by Gasteiger charge is -2.28. The van der Waals surface area contributed by atoms with Gasteiger partial charge in [0.15, 0.2) is 0 Å². The fourth-order valence-electron chi connectivity index (χ4n) is 3.06. The molecular weight excluding hydrogens is 266 g/mol. The highest BCUT2D eigenvalue weighted by Gasteiger charge is 2.33. The molecule has 0 bridgehead atoms. The van der Waals surface area contributed by atoms with Gasteiger partial charge >= 0.3 is 0 Å². The van der Waals surface area contributed by atoms with Gasteiger partial charge in [-0.1, -0.05) is 30.5 Å². The molecule has 1 aromatic rings. The number of rotatable bonds is 5. The van der Waals surface area contributed by atoms with Gasteiger partial charge in [0, 0.05) is 19.2 Å². The zero-order chi connectivity index (χ0) is 15.5. The topological polar surface area (TPSA) is 49.8 Å². The van der Waals surface area contributed by atoms with Crippen LogP contribution in [0.5, 0.6) is 5.75 Å². The molecular formula is C17H25NO3. The van der Waals surface area contributed by atoms with E-state index in [1.807, 2.05) is 25.1 Å². The minimum atomic E-state index is -0.693. The molecule has 1 fully saturated rings. The molecule has 1 amide bonds. The van der Waals surface area contributed by atoms with Gasteiger partial charge < -0.3 is 14.7 Å². The number of nitrogens with zero attached hydrogens (tertiary/aromatic N) is 1. The Labute approximate surface area is 126 Å². The molecule has 0 saturated heterocycles. The van der Waals surface area contributed by atoms with E-state index in [9.17, 15) is 9.90 Å². The third-order valence-electron chi connectivity index (χ3n) is 4.27. The second-order valence-corrected chi connectivity index (χ2v) is 6.17. The van der Waals surface area contributed by atoms with Crippen molar-refractivity contribution in [3.63, 3.8) is 0 Å². The maximum atomic E-state index is 12.4. The molecule has 0 aliphatic heterocycles. The number of amides is 1. The van der Waals surface area contributed by atoms with Crippen LogP contribution in [0, 0.1) is 6.92 Å². The predicted molar refractivity (Wildman–Crippen MR) is 82.5 cm³/mol. The Hall–Kier alpha value is -1.55. The summed E-state index contributed by atoms with van der Waals surface area (Å²) in [6.45, 7) is 2.42. The molecule has 1 aliphatic rings. The molecule has 1 N–H and O–H groups in total.